The molecule has 0 aliphatic heterocycles. The molecule has 0 bridgehead atoms. The highest BCUT2D eigenvalue weighted by molar-refractivity contribution is 5.91. The first-order valence-corrected chi connectivity index (χ1v) is 12.8. The summed E-state index contributed by atoms with van der Waals surface area (Å²) in [6.07, 6.45) is 20.4. The van der Waals surface area contributed by atoms with Crippen molar-refractivity contribution in [2.75, 3.05) is 26.6 Å². The average Bonchev–Trinajstić information content (AvgIpc) is 2.80. The molecule has 0 saturated carbocycles. The van der Waals surface area contributed by atoms with Crippen molar-refractivity contribution in [3.63, 3.8) is 0 Å². The predicted octanol–water partition coefficient (Wildman–Crippen LogP) is 7.91. The Bertz CT molecular complexity index is 593. The molecule has 0 saturated heterocycles. The van der Waals surface area contributed by atoms with Gasteiger partial charge in [0.2, 0.25) is 11.7 Å². The van der Waals surface area contributed by atoms with Gasteiger partial charge in [-0.1, -0.05) is 96.8 Å². The van der Waals surface area contributed by atoms with E-state index >= 15 is 0 Å². The van der Waals surface area contributed by atoms with Crippen LogP contribution in [0.3, 0.4) is 0 Å². The molecule has 32 heavy (non-hydrogen) atoms. The van der Waals surface area contributed by atoms with Crippen molar-refractivity contribution < 1.29 is 19.0 Å². The fourth-order valence-corrected chi connectivity index (χ4v) is 4.03. The summed E-state index contributed by atoms with van der Waals surface area (Å²) in [5.74, 6) is 1.62. The Labute approximate surface area is 196 Å². The first-order valence-electron chi connectivity index (χ1n) is 12.8. The third-order valence-corrected chi connectivity index (χ3v) is 5.96. The number of benzene rings is 1. The van der Waals surface area contributed by atoms with Crippen LogP contribution < -0.4 is 19.5 Å². The molecule has 0 radical (unpaired) electrons. The maximum atomic E-state index is 12.3. The van der Waals surface area contributed by atoms with E-state index in [9.17, 15) is 4.79 Å². The van der Waals surface area contributed by atoms with E-state index in [-0.39, 0.29) is 5.91 Å². The molecule has 1 aromatic rings. The second-order valence-corrected chi connectivity index (χ2v) is 8.66. The number of amides is 1. The van der Waals surface area contributed by atoms with Gasteiger partial charge in [0.1, 0.15) is 0 Å². The van der Waals surface area contributed by atoms with Crippen LogP contribution >= 0.6 is 0 Å². The molecule has 1 amide bonds. The smallest absolute Gasteiger partial charge is 0.224 e. The maximum Gasteiger partial charge on any atom is 0.224 e. The lowest BCUT2D eigenvalue weighted by Crippen LogP contribution is -2.11. The number of carbonyl (C=O) groups excluding carboxylic acids is 1. The quantitative estimate of drug-likeness (QED) is 0.205. The normalized spacial score (nSPS) is 10.8. The van der Waals surface area contributed by atoms with Gasteiger partial charge < -0.3 is 19.5 Å². The highest BCUT2D eigenvalue weighted by Gasteiger charge is 2.14. The van der Waals surface area contributed by atoms with Gasteiger partial charge in [0.25, 0.3) is 0 Å². The van der Waals surface area contributed by atoms with E-state index in [1.165, 1.54) is 83.5 Å². The van der Waals surface area contributed by atoms with Crippen LogP contribution in [0.1, 0.15) is 110 Å². The molecule has 0 aliphatic carbocycles. The Hall–Kier alpha value is -1.91. The molecule has 0 aromatic heterocycles. The lowest BCUT2D eigenvalue weighted by molar-refractivity contribution is -0.116. The molecule has 5 nitrogen and oxygen atoms in total. The number of hydrogen-bond acceptors (Lipinski definition) is 4. The first-order chi connectivity index (χ1) is 15.7. The SMILES string of the molecule is CCCCCCCCCCCCCCCCCC(=O)Nc1cc(OC)c(OC)c(OC)c1. The molecule has 184 valence electrons. The van der Waals surface area contributed by atoms with Crippen molar-refractivity contribution in [3.05, 3.63) is 12.1 Å². The third-order valence-electron chi connectivity index (χ3n) is 5.96. The van der Waals surface area contributed by atoms with E-state index < -0.39 is 0 Å². The molecule has 0 spiro atoms. The number of methoxy groups -OCH3 is 3. The summed E-state index contributed by atoms with van der Waals surface area (Å²) >= 11 is 0. The lowest BCUT2D eigenvalue weighted by atomic mass is 10.0. The van der Waals surface area contributed by atoms with Crippen molar-refractivity contribution in [2.45, 2.75) is 110 Å². The molecule has 1 rings (SSSR count). The minimum Gasteiger partial charge on any atom is -0.493 e. The topological polar surface area (TPSA) is 56.8 Å². The Morgan fingerprint density at radius 2 is 1.06 bits per heavy atom. The number of carbonyl (C=O) groups is 1. The molecular weight excluding hydrogens is 402 g/mol. The Morgan fingerprint density at radius 1 is 0.656 bits per heavy atom. The van der Waals surface area contributed by atoms with Crippen molar-refractivity contribution >= 4 is 11.6 Å². The van der Waals surface area contributed by atoms with Crippen LogP contribution in [0.5, 0.6) is 17.2 Å². The zero-order chi connectivity index (χ0) is 23.4. The first kappa shape index (κ1) is 28.1. The summed E-state index contributed by atoms with van der Waals surface area (Å²) in [6.45, 7) is 2.27. The second-order valence-electron chi connectivity index (χ2n) is 8.66. The largest absolute Gasteiger partial charge is 0.493 e. The van der Waals surface area contributed by atoms with Gasteiger partial charge in [-0.15, -0.1) is 0 Å². The van der Waals surface area contributed by atoms with Gasteiger partial charge >= 0.3 is 0 Å². The minimum absolute atomic E-state index is 0.0222. The van der Waals surface area contributed by atoms with Crippen LogP contribution in [0.15, 0.2) is 12.1 Å². The molecule has 0 atom stereocenters. The van der Waals surface area contributed by atoms with Crippen molar-refractivity contribution in [1.29, 1.82) is 0 Å². The fourth-order valence-electron chi connectivity index (χ4n) is 4.03. The van der Waals surface area contributed by atoms with Crippen LogP contribution in [0.2, 0.25) is 0 Å². The highest BCUT2D eigenvalue weighted by atomic mass is 16.5. The Morgan fingerprint density at radius 3 is 1.44 bits per heavy atom. The van der Waals surface area contributed by atoms with Gasteiger partial charge in [0.05, 0.1) is 21.3 Å². The molecule has 1 aromatic carbocycles. The van der Waals surface area contributed by atoms with Gasteiger partial charge in [0.15, 0.2) is 11.5 Å². The van der Waals surface area contributed by atoms with Gasteiger partial charge in [-0.05, 0) is 6.42 Å². The summed E-state index contributed by atoms with van der Waals surface area (Å²) in [5, 5.41) is 2.94. The van der Waals surface area contributed by atoms with E-state index in [1.54, 1.807) is 33.5 Å². The minimum atomic E-state index is 0.0222. The van der Waals surface area contributed by atoms with Crippen molar-refractivity contribution in [3.8, 4) is 17.2 Å². The summed E-state index contributed by atoms with van der Waals surface area (Å²) in [5.41, 5.74) is 0.658. The van der Waals surface area contributed by atoms with Crippen LogP contribution in [0, 0.1) is 0 Å². The number of ether oxygens (including phenoxy) is 3. The lowest BCUT2D eigenvalue weighted by Gasteiger charge is -2.14. The number of anilines is 1. The number of rotatable bonds is 20. The molecule has 0 fully saturated rings. The summed E-state index contributed by atoms with van der Waals surface area (Å²) in [4.78, 5) is 12.3. The predicted molar refractivity (Wildman–Crippen MR) is 134 cm³/mol. The van der Waals surface area contributed by atoms with E-state index in [4.69, 9.17) is 14.2 Å². The van der Waals surface area contributed by atoms with Crippen molar-refractivity contribution in [1.82, 2.24) is 0 Å². The number of unbranched alkanes of at least 4 members (excludes halogenated alkanes) is 14. The molecule has 0 heterocycles. The third kappa shape index (κ3) is 12.2. The standard InChI is InChI=1S/C27H47NO4/c1-5-6-7-8-9-10-11-12-13-14-15-16-17-18-19-20-26(29)28-23-21-24(30-2)27(32-4)25(22-23)31-3/h21-22H,5-20H2,1-4H3,(H,28,29). The molecular formula is C27H47NO4. The Balaban J connectivity index is 2.05. The van der Waals surface area contributed by atoms with Crippen LogP contribution in [0.4, 0.5) is 5.69 Å². The Kier molecular flexibility index (Phi) is 16.4. The second kappa shape index (κ2) is 18.6. The van der Waals surface area contributed by atoms with Gasteiger partial charge in [-0.2, -0.15) is 0 Å². The summed E-state index contributed by atoms with van der Waals surface area (Å²) in [7, 11) is 4.70. The van der Waals surface area contributed by atoms with Crippen LogP contribution in [-0.4, -0.2) is 27.2 Å². The van der Waals surface area contributed by atoms with Gasteiger partial charge in [-0.25, -0.2) is 0 Å². The summed E-state index contributed by atoms with van der Waals surface area (Å²) in [6, 6.07) is 3.51. The van der Waals surface area contributed by atoms with E-state index in [1.807, 2.05) is 0 Å². The van der Waals surface area contributed by atoms with E-state index in [0.29, 0.717) is 29.4 Å². The van der Waals surface area contributed by atoms with Crippen LogP contribution in [-0.2, 0) is 4.79 Å². The zero-order valence-corrected chi connectivity index (χ0v) is 21.1. The molecule has 5 heteroatoms. The fraction of sp³-hybridized carbons (Fsp3) is 0.741. The summed E-state index contributed by atoms with van der Waals surface area (Å²) < 4.78 is 16.0. The van der Waals surface area contributed by atoms with Crippen LogP contribution in [0.25, 0.3) is 0 Å². The van der Waals surface area contributed by atoms with Crippen molar-refractivity contribution in [2.24, 2.45) is 0 Å². The highest BCUT2D eigenvalue weighted by Crippen LogP contribution is 2.39. The number of hydrogen-bond donors (Lipinski definition) is 1. The number of nitrogens with one attached hydrogen (secondary N) is 1. The van der Waals surface area contributed by atoms with E-state index in [2.05, 4.69) is 12.2 Å². The van der Waals surface area contributed by atoms with Gasteiger partial charge in [-0.3, -0.25) is 4.79 Å². The molecule has 0 aliphatic rings. The average molecular weight is 450 g/mol. The molecule has 1 N–H and O–H groups in total. The van der Waals surface area contributed by atoms with Gasteiger partial charge in [0, 0.05) is 24.2 Å². The monoisotopic (exact) mass is 449 g/mol. The maximum absolute atomic E-state index is 12.3. The zero-order valence-electron chi connectivity index (χ0n) is 21.1. The van der Waals surface area contributed by atoms with E-state index in [0.717, 1.165) is 12.8 Å². The molecule has 0 unspecified atom stereocenters.